The molecule has 0 aliphatic heterocycles. The van der Waals surface area contributed by atoms with Crippen LogP contribution in [0.1, 0.15) is 15.9 Å². The maximum atomic E-state index is 10.9. The summed E-state index contributed by atoms with van der Waals surface area (Å²) in [6.45, 7) is 0. The number of hydrogen-bond acceptors (Lipinski definition) is 2. The fourth-order valence-corrected chi connectivity index (χ4v) is 2.31. The number of carbonyl (C=O) groups excluding carboxylic acids is 1. The van der Waals surface area contributed by atoms with Crippen molar-refractivity contribution in [1.82, 2.24) is 0 Å². The van der Waals surface area contributed by atoms with Crippen LogP contribution in [-0.2, 0) is 5.75 Å². The summed E-state index contributed by atoms with van der Waals surface area (Å²) in [4.78, 5) is 12.0. The zero-order valence-electron chi connectivity index (χ0n) is 9.30. The molecule has 2 N–H and O–H groups in total. The topological polar surface area (TPSA) is 43.1 Å². The van der Waals surface area contributed by atoms with E-state index >= 15 is 0 Å². The van der Waals surface area contributed by atoms with Gasteiger partial charge in [0.1, 0.15) is 0 Å². The molecule has 2 nitrogen and oxygen atoms in total. The molecule has 0 saturated carbocycles. The first kappa shape index (κ1) is 11.7. The molecule has 0 atom stereocenters. The van der Waals surface area contributed by atoms with E-state index < -0.39 is 0 Å². The minimum Gasteiger partial charge on any atom is -0.366 e. The van der Waals surface area contributed by atoms with Gasteiger partial charge < -0.3 is 5.73 Å². The molecule has 0 unspecified atom stereocenters. The highest BCUT2D eigenvalue weighted by Crippen LogP contribution is 2.22. The van der Waals surface area contributed by atoms with Gasteiger partial charge in [-0.3, -0.25) is 4.79 Å². The molecule has 2 aromatic rings. The highest BCUT2D eigenvalue weighted by atomic mass is 32.2. The average Bonchev–Trinajstić information content (AvgIpc) is 2.38. The number of thioether (sulfide) groups is 1. The van der Waals surface area contributed by atoms with Gasteiger partial charge in [-0.25, -0.2) is 0 Å². The second-order valence-corrected chi connectivity index (χ2v) is 4.71. The van der Waals surface area contributed by atoms with Crippen molar-refractivity contribution in [2.75, 3.05) is 0 Å². The smallest absolute Gasteiger partial charge is 0.248 e. The number of primary amides is 1. The largest absolute Gasteiger partial charge is 0.366 e. The molecule has 0 fully saturated rings. The van der Waals surface area contributed by atoms with E-state index in [0.29, 0.717) is 5.56 Å². The highest BCUT2D eigenvalue weighted by molar-refractivity contribution is 7.98. The van der Waals surface area contributed by atoms with Gasteiger partial charge in [-0.1, -0.05) is 30.3 Å². The van der Waals surface area contributed by atoms with Crippen LogP contribution in [-0.4, -0.2) is 5.91 Å². The summed E-state index contributed by atoms with van der Waals surface area (Å²) in [7, 11) is 0. The van der Waals surface area contributed by atoms with E-state index in [2.05, 4.69) is 12.1 Å². The molecule has 0 radical (unpaired) electrons. The van der Waals surface area contributed by atoms with Gasteiger partial charge in [-0.15, -0.1) is 11.8 Å². The van der Waals surface area contributed by atoms with Crippen LogP contribution in [0.2, 0.25) is 0 Å². The maximum absolute atomic E-state index is 10.9. The minimum atomic E-state index is -0.385. The molecule has 1 amide bonds. The van der Waals surface area contributed by atoms with Gasteiger partial charge in [0.15, 0.2) is 0 Å². The van der Waals surface area contributed by atoms with E-state index in [1.807, 2.05) is 30.3 Å². The van der Waals surface area contributed by atoms with E-state index in [-0.39, 0.29) is 5.91 Å². The normalized spacial score (nSPS) is 10.1. The first-order valence-electron chi connectivity index (χ1n) is 5.32. The zero-order valence-corrected chi connectivity index (χ0v) is 10.1. The van der Waals surface area contributed by atoms with Crippen molar-refractivity contribution in [2.45, 2.75) is 10.6 Å². The van der Waals surface area contributed by atoms with Crippen LogP contribution in [0.15, 0.2) is 59.5 Å². The molecule has 17 heavy (non-hydrogen) atoms. The summed E-state index contributed by atoms with van der Waals surface area (Å²) in [5, 5.41) is 0. The van der Waals surface area contributed by atoms with Crippen LogP contribution in [0.25, 0.3) is 0 Å². The van der Waals surface area contributed by atoms with Crippen LogP contribution >= 0.6 is 11.8 Å². The third-order valence-corrected chi connectivity index (χ3v) is 3.47. The van der Waals surface area contributed by atoms with Crippen molar-refractivity contribution < 1.29 is 4.79 Å². The Bertz CT molecular complexity index is 493. The van der Waals surface area contributed by atoms with Gasteiger partial charge in [0.2, 0.25) is 5.91 Å². The number of amides is 1. The SMILES string of the molecule is NC(=O)c1ccc(SCc2ccccc2)cc1. The van der Waals surface area contributed by atoms with Gasteiger partial charge >= 0.3 is 0 Å². The van der Waals surface area contributed by atoms with Crippen LogP contribution in [0.3, 0.4) is 0 Å². The molecular weight excluding hydrogens is 230 g/mol. The lowest BCUT2D eigenvalue weighted by Crippen LogP contribution is -2.10. The summed E-state index contributed by atoms with van der Waals surface area (Å²) in [5.74, 6) is 0.543. The van der Waals surface area contributed by atoms with Crippen LogP contribution < -0.4 is 5.73 Å². The molecule has 0 aliphatic rings. The molecule has 3 heteroatoms. The van der Waals surface area contributed by atoms with Crippen molar-refractivity contribution in [1.29, 1.82) is 0 Å². The number of carbonyl (C=O) groups is 1. The van der Waals surface area contributed by atoms with Gasteiger partial charge in [-0.2, -0.15) is 0 Å². The minimum absolute atomic E-state index is 0.385. The molecule has 0 saturated heterocycles. The Labute approximate surface area is 105 Å². The molecule has 0 aliphatic carbocycles. The van der Waals surface area contributed by atoms with E-state index in [1.165, 1.54) is 5.56 Å². The number of nitrogens with two attached hydrogens (primary N) is 1. The summed E-state index contributed by atoms with van der Waals surface area (Å²) in [5.41, 5.74) is 7.02. The Hall–Kier alpha value is -1.74. The first-order chi connectivity index (χ1) is 8.25. The number of rotatable bonds is 4. The van der Waals surface area contributed by atoms with Gasteiger partial charge in [-0.05, 0) is 29.8 Å². The predicted molar refractivity (Wildman–Crippen MR) is 71.0 cm³/mol. The van der Waals surface area contributed by atoms with Crippen molar-refractivity contribution >= 4 is 17.7 Å². The Morgan fingerprint density at radius 3 is 2.24 bits per heavy atom. The number of benzene rings is 2. The monoisotopic (exact) mass is 243 g/mol. The predicted octanol–water partition coefficient (Wildman–Crippen LogP) is 3.08. The van der Waals surface area contributed by atoms with Crippen LogP contribution in [0.5, 0.6) is 0 Å². The summed E-state index contributed by atoms with van der Waals surface area (Å²) < 4.78 is 0. The van der Waals surface area contributed by atoms with Crippen LogP contribution in [0.4, 0.5) is 0 Å². The standard InChI is InChI=1S/C14H13NOS/c15-14(16)12-6-8-13(9-7-12)17-10-11-4-2-1-3-5-11/h1-9H,10H2,(H2,15,16). The molecule has 2 aromatic carbocycles. The molecule has 0 spiro atoms. The third kappa shape index (κ3) is 3.36. The highest BCUT2D eigenvalue weighted by Gasteiger charge is 2.00. The Kier molecular flexibility index (Phi) is 3.83. The Morgan fingerprint density at radius 2 is 1.65 bits per heavy atom. The van der Waals surface area contributed by atoms with Crippen molar-refractivity contribution in [3.8, 4) is 0 Å². The Balaban J connectivity index is 1.98. The second kappa shape index (κ2) is 5.55. The van der Waals surface area contributed by atoms with Crippen LogP contribution in [0, 0.1) is 0 Å². The molecule has 0 heterocycles. The second-order valence-electron chi connectivity index (χ2n) is 3.66. The number of hydrogen-bond donors (Lipinski definition) is 1. The van der Waals surface area contributed by atoms with Gasteiger partial charge in [0.05, 0.1) is 0 Å². The van der Waals surface area contributed by atoms with E-state index in [1.54, 1.807) is 23.9 Å². The lowest BCUT2D eigenvalue weighted by atomic mass is 10.2. The van der Waals surface area contributed by atoms with E-state index in [9.17, 15) is 4.79 Å². The zero-order chi connectivity index (χ0) is 12.1. The van der Waals surface area contributed by atoms with Gasteiger partial charge in [0, 0.05) is 16.2 Å². The summed E-state index contributed by atoms with van der Waals surface area (Å²) in [6, 6.07) is 17.6. The average molecular weight is 243 g/mol. The van der Waals surface area contributed by atoms with E-state index in [0.717, 1.165) is 10.6 Å². The quantitative estimate of drug-likeness (QED) is 0.839. The molecule has 86 valence electrons. The fourth-order valence-electron chi connectivity index (χ4n) is 1.46. The lowest BCUT2D eigenvalue weighted by Gasteiger charge is -2.02. The maximum Gasteiger partial charge on any atom is 0.248 e. The third-order valence-electron chi connectivity index (χ3n) is 2.39. The molecule has 0 bridgehead atoms. The fraction of sp³-hybridized carbons (Fsp3) is 0.0714. The van der Waals surface area contributed by atoms with Crippen molar-refractivity contribution in [2.24, 2.45) is 5.73 Å². The molecule has 0 aromatic heterocycles. The molecule has 2 rings (SSSR count). The van der Waals surface area contributed by atoms with Crippen molar-refractivity contribution in [3.05, 3.63) is 65.7 Å². The first-order valence-corrected chi connectivity index (χ1v) is 6.31. The Morgan fingerprint density at radius 1 is 1.00 bits per heavy atom. The summed E-state index contributed by atoms with van der Waals surface area (Å²) in [6.07, 6.45) is 0. The molecular formula is C14H13NOS. The van der Waals surface area contributed by atoms with Crippen molar-refractivity contribution in [3.63, 3.8) is 0 Å². The lowest BCUT2D eigenvalue weighted by molar-refractivity contribution is 0.1000. The van der Waals surface area contributed by atoms with Gasteiger partial charge in [0.25, 0.3) is 0 Å². The van der Waals surface area contributed by atoms with E-state index in [4.69, 9.17) is 5.73 Å². The summed E-state index contributed by atoms with van der Waals surface area (Å²) >= 11 is 1.74.